The number of nitrogens with two attached hydrogens (primary N) is 1. The lowest BCUT2D eigenvalue weighted by molar-refractivity contribution is -0.349. The Kier molecular flexibility index (Phi) is 3.72. The van der Waals surface area contributed by atoms with Crippen LogP contribution in [-0.2, 0) is 12.3 Å². The molecule has 0 aliphatic heterocycles. The third-order valence-corrected chi connectivity index (χ3v) is 2.45. The van der Waals surface area contributed by atoms with Gasteiger partial charge in [-0.15, -0.1) is 0 Å². The van der Waals surface area contributed by atoms with Crippen LogP contribution in [0.5, 0.6) is 0 Å². The highest BCUT2D eigenvalue weighted by Gasteiger charge is 2.74. The minimum Gasteiger partial charge on any atom is -0.399 e. The summed E-state index contributed by atoms with van der Waals surface area (Å²) in [5.41, 5.74) is -3.19. The van der Waals surface area contributed by atoms with E-state index in [4.69, 9.17) is 10.8 Å². The molecule has 0 aliphatic rings. The number of alkyl halides is 7. The Bertz CT molecular complexity index is 452. The van der Waals surface area contributed by atoms with E-state index in [2.05, 4.69) is 0 Å². The molecule has 0 aliphatic carbocycles. The zero-order valence-corrected chi connectivity index (χ0v) is 9.11. The molecule has 108 valence electrons. The van der Waals surface area contributed by atoms with Crippen molar-refractivity contribution < 1.29 is 35.8 Å². The van der Waals surface area contributed by atoms with Crippen LogP contribution in [0.25, 0.3) is 0 Å². The first-order valence-corrected chi connectivity index (χ1v) is 4.77. The van der Waals surface area contributed by atoms with E-state index in [1.165, 1.54) is 0 Å². The number of aliphatic hydroxyl groups is 1. The van der Waals surface area contributed by atoms with Gasteiger partial charge in [0, 0.05) is 11.3 Å². The molecule has 0 unspecified atom stereocenters. The van der Waals surface area contributed by atoms with Gasteiger partial charge in [-0.3, -0.25) is 0 Å². The molecule has 9 heteroatoms. The van der Waals surface area contributed by atoms with Crippen molar-refractivity contribution in [2.24, 2.45) is 0 Å². The third kappa shape index (κ3) is 2.46. The number of benzene rings is 1. The topological polar surface area (TPSA) is 46.2 Å². The van der Waals surface area contributed by atoms with Crippen LogP contribution >= 0.6 is 0 Å². The Morgan fingerprint density at radius 2 is 1.42 bits per heavy atom. The number of halogens is 7. The van der Waals surface area contributed by atoms with Crippen LogP contribution in [0.1, 0.15) is 11.1 Å². The molecule has 0 fully saturated rings. The first kappa shape index (κ1) is 15.5. The fourth-order valence-electron chi connectivity index (χ4n) is 1.55. The largest absolute Gasteiger partial charge is 0.435 e. The monoisotopic (exact) mass is 291 g/mol. The Morgan fingerprint density at radius 3 is 1.79 bits per heavy atom. The van der Waals surface area contributed by atoms with Crippen LogP contribution in [0.4, 0.5) is 36.4 Å². The van der Waals surface area contributed by atoms with Gasteiger partial charge in [0.05, 0.1) is 6.61 Å². The predicted molar refractivity (Wildman–Crippen MR) is 51.7 cm³/mol. The van der Waals surface area contributed by atoms with Gasteiger partial charge in [-0.05, 0) is 17.7 Å². The second-order valence-electron chi connectivity index (χ2n) is 3.73. The van der Waals surface area contributed by atoms with Crippen LogP contribution in [0.3, 0.4) is 0 Å². The summed E-state index contributed by atoms with van der Waals surface area (Å²) < 4.78 is 88.7. The van der Waals surface area contributed by atoms with Gasteiger partial charge in [0.15, 0.2) is 0 Å². The number of rotatable bonds is 2. The van der Waals surface area contributed by atoms with E-state index in [-0.39, 0.29) is 11.8 Å². The highest BCUT2D eigenvalue weighted by molar-refractivity contribution is 5.47. The average Bonchev–Trinajstić information content (AvgIpc) is 2.24. The molecule has 0 radical (unpaired) electrons. The van der Waals surface area contributed by atoms with Crippen molar-refractivity contribution in [1.29, 1.82) is 0 Å². The quantitative estimate of drug-likeness (QED) is 0.650. The molecular formula is C10H8F7NO. The lowest BCUT2D eigenvalue weighted by atomic mass is 9.90. The number of aliphatic hydroxyl groups excluding tert-OH is 1. The van der Waals surface area contributed by atoms with Gasteiger partial charge in [0.25, 0.3) is 0 Å². The predicted octanol–water partition coefficient (Wildman–Crippen LogP) is 3.05. The van der Waals surface area contributed by atoms with Crippen LogP contribution in [0.2, 0.25) is 0 Å². The van der Waals surface area contributed by atoms with Gasteiger partial charge < -0.3 is 10.8 Å². The molecule has 1 aromatic rings. The molecule has 19 heavy (non-hydrogen) atoms. The Morgan fingerprint density at radius 1 is 0.947 bits per heavy atom. The van der Waals surface area contributed by atoms with Crippen LogP contribution in [-0.4, -0.2) is 17.5 Å². The molecule has 0 atom stereocenters. The smallest absolute Gasteiger partial charge is 0.399 e. The molecule has 0 amide bonds. The van der Waals surface area contributed by atoms with E-state index in [0.717, 1.165) is 0 Å². The Hall–Kier alpha value is -1.51. The maximum Gasteiger partial charge on any atom is 0.435 e. The van der Waals surface area contributed by atoms with Crippen molar-refractivity contribution >= 4 is 5.69 Å². The lowest BCUT2D eigenvalue weighted by Gasteiger charge is -2.31. The van der Waals surface area contributed by atoms with Crippen molar-refractivity contribution in [2.75, 3.05) is 5.73 Å². The molecule has 0 heterocycles. The molecule has 1 aromatic carbocycles. The average molecular weight is 291 g/mol. The SMILES string of the molecule is Nc1ccc(C(F)(C(F)(F)F)C(F)(F)F)c(CO)c1. The van der Waals surface area contributed by atoms with E-state index in [9.17, 15) is 30.7 Å². The minimum absolute atomic E-state index is 0.195. The van der Waals surface area contributed by atoms with Crippen LogP contribution < -0.4 is 5.73 Å². The maximum absolute atomic E-state index is 13.7. The van der Waals surface area contributed by atoms with E-state index >= 15 is 0 Å². The van der Waals surface area contributed by atoms with Gasteiger partial charge in [-0.1, -0.05) is 6.07 Å². The summed E-state index contributed by atoms with van der Waals surface area (Å²) >= 11 is 0. The summed E-state index contributed by atoms with van der Waals surface area (Å²) in [6.45, 7) is -1.21. The summed E-state index contributed by atoms with van der Waals surface area (Å²) in [7, 11) is 0. The molecule has 0 saturated heterocycles. The highest BCUT2D eigenvalue weighted by Crippen LogP contribution is 2.54. The molecule has 0 aromatic heterocycles. The summed E-state index contributed by atoms with van der Waals surface area (Å²) in [6.07, 6.45) is -12.4. The normalized spacial score (nSPS) is 13.7. The van der Waals surface area contributed by atoms with E-state index in [0.29, 0.717) is 12.1 Å². The van der Waals surface area contributed by atoms with E-state index in [1.54, 1.807) is 0 Å². The van der Waals surface area contributed by atoms with Gasteiger partial charge in [-0.25, -0.2) is 4.39 Å². The molecule has 3 N–H and O–H groups in total. The maximum atomic E-state index is 13.7. The summed E-state index contributed by atoms with van der Waals surface area (Å²) in [5, 5.41) is 8.78. The number of hydrogen-bond donors (Lipinski definition) is 2. The third-order valence-electron chi connectivity index (χ3n) is 2.45. The Labute approximate surface area is 102 Å². The number of hydrogen-bond acceptors (Lipinski definition) is 2. The van der Waals surface area contributed by atoms with E-state index in [1.807, 2.05) is 0 Å². The zero-order valence-electron chi connectivity index (χ0n) is 9.11. The van der Waals surface area contributed by atoms with Crippen molar-refractivity contribution in [3.63, 3.8) is 0 Å². The molecule has 1 rings (SSSR count). The fourth-order valence-corrected chi connectivity index (χ4v) is 1.55. The van der Waals surface area contributed by atoms with Crippen molar-refractivity contribution in [3.8, 4) is 0 Å². The molecule has 2 nitrogen and oxygen atoms in total. The zero-order chi connectivity index (χ0) is 15.1. The van der Waals surface area contributed by atoms with Crippen LogP contribution in [0.15, 0.2) is 18.2 Å². The minimum atomic E-state index is -6.22. The highest BCUT2D eigenvalue weighted by atomic mass is 19.4. The van der Waals surface area contributed by atoms with Gasteiger partial charge in [0.1, 0.15) is 0 Å². The van der Waals surface area contributed by atoms with Gasteiger partial charge in [0.2, 0.25) is 0 Å². The summed E-state index contributed by atoms with van der Waals surface area (Å²) in [6, 6.07) is 1.61. The Balaban J connectivity index is 3.61. The number of nitrogen functional groups attached to an aromatic ring is 1. The first-order valence-electron chi connectivity index (χ1n) is 4.77. The second-order valence-corrected chi connectivity index (χ2v) is 3.73. The molecule has 0 saturated carbocycles. The van der Waals surface area contributed by atoms with Gasteiger partial charge >= 0.3 is 18.0 Å². The van der Waals surface area contributed by atoms with Crippen LogP contribution in [0, 0.1) is 0 Å². The molecule has 0 spiro atoms. The van der Waals surface area contributed by atoms with Gasteiger partial charge in [-0.2, -0.15) is 26.3 Å². The lowest BCUT2D eigenvalue weighted by Crippen LogP contribution is -2.51. The molecular weight excluding hydrogens is 283 g/mol. The van der Waals surface area contributed by atoms with Crippen molar-refractivity contribution in [2.45, 2.75) is 24.6 Å². The summed E-state index contributed by atoms with van der Waals surface area (Å²) in [5.74, 6) is 0. The summed E-state index contributed by atoms with van der Waals surface area (Å²) in [4.78, 5) is 0. The standard InChI is InChI=1S/C10H8F7NO/c11-8(9(12,13)14,10(15,16)17)7-2-1-6(18)3-5(7)4-19/h1-3,19H,4,18H2. The number of anilines is 1. The van der Waals surface area contributed by atoms with Crippen molar-refractivity contribution in [1.82, 2.24) is 0 Å². The second kappa shape index (κ2) is 4.55. The fraction of sp³-hybridized carbons (Fsp3) is 0.400. The van der Waals surface area contributed by atoms with E-state index < -0.39 is 35.8 Å². The first-order chi connectivity index (χ1) is 8.45. The van der Waals surface area contributed by atoms with Crippen molar-refractivity contribution in [3.05, 3.63) is 29.3 Å². The molecule has 0 bridgehead atoms.